The van der Waals surface area contributed by atoms with Crippen LogP contribution in [0, 0.1) is 0 Å². The van der Waals surface area contributed by atoms with Gasteiger partial charge in [-0.2, -0.15) is 0 Å². The Hall–Kier alpha value is -0.720. The highest BCUT2D eigenvalue weighted by molar-refractivity contribution is 5.22. The summed E-state index contributed by atoms with van der Waals surface area (Å²) < 4.78 is 5.08. The van der Waals surface area contributed by atoms with Gasteiger partial charge in [-0.3, -0.25) is 0 Å². The monoisotopic (exact) mass is 124 g/mol. The molecule has 1 rings (SSSR count). The highest BCUT2D eigenvalue weighted by Gasteiger charge is 1.99. The molecule has 0 aromatic carbocycles. The van der Waals surface area contributed by atoms with Crippen LogP contribution < -0.4 is 0 Å². The van der Waals surface area contributed by atoms with Gasteiger partial charge in [0.2, 0.25) is 0 Å². The summed E-state index contributed by atoms with van der Waals surface area (Å²) in [6.45, 7) is 2.10. The lowest BCUT2D eigenvalue weighted by Crippen LogP contribution is -1.91. The minimum atomic E-state index is 1.06. The zero-order valence-corrected chi connectivity index (χ0v) is 5.98. The van der Waals surface area contributed by atoms with E-state index < -0.39 is 0 Å². The molecule has 0 saturated carbocycles. The summed E-state index contributed by atoms with van der Waals surface area (Å²) in [5, 5.41) is 0. The summed E-state index contributed by atoms with van der Waals surface area (Å²) in [6.07, 6.45) is 6.51. The first-order chi connectivity index (χ1) is 4.33. The number of rotatable bonds is 1. The first-order valence-corrected chi connectivity index (χ1v) is 3.24. The maximum Gasteiger partial charge on any atom is 0.0961 e. The van der Waals surface area contributed by atoms with Crippen LogP contribution in [0.5, 0.6) is 0 Å². The Morgan fingerprint density at radius 3 is 2.78 bits per heavy atom. The van der Waals surface area contributed by atoms with Crippen LogP contribution in [0.1, 0.15) is 19.8 Å². The molecule has 0 unspecified atom stereocenters. The van der Waals surface area contributed by atoms with Crippen molar-refractivity contribution in [2.75, 3.05) is 7.11 Å². The van der Waals surface area contributed by atoms with Crippen LogP contribution in [0.25, 0.3) is 0 Å². The molecular weight excluding hydrogens is 112 g/mol. The molecule has 0 aliphatic heterocycles. The average Bonchev–Trinajstić information content (AvgIpc) is 1.88. The van der Waals surface area contributed by atoms with Gasteiger partial charge >= 0.3 is 0 Å². The molecule has 9 heavy (non-hydrogen) atoms. The normalized spacial score (nSPS) is 18.4. The Morgan fingerprint density at radius 2 is 2.33 bits per heavy atom. The molecule has 0 aromatic rings. The van der Waals surface area contributed by atoms with Gasteiger partial charge < -0.3 is 4.74 Å². The fourth-order valence-corrected chi connectivity index (χ4v) is 0.988. The number of ether oxygens (including phenoxy) is 1. The van der Waals surface area contributed by atoms with Gasteiger partial charge in [0.1, 0.15) is 0 Å². The maximum absolute atomic E-state index is 5.08. The second-order valence-corrected chi connectivity index (χ2v) is 2.30. The third kappa shape index (κ3) is 1.60. The molecule has 0 atom stereocenters. The second-order valence-electron chi connectivity index (χ2n) is 2.30. The topological polar surface area (TPSA) is 9.23 Å². The first kappa shape index (κ1) is 6.40. The number of hydrogen-bond acceptors (Lipinski definition) is 1. The zero-order chi connectivity index (χ0) is 6.69. The minimum absolute atomic E-state index is 1.06. The van der Waals surface area contributed by atoms with E-state index in [9.17, 15) is 0 Å². The summed E-state index contributed by atoms with van der Waals surface area (Å²) in [5.74, 6) is 1.11. The van der Waals surface area contributed by atoms with E-state index in [1.807, 2.05) is 0 Å². The molecule has 50 valence electrons. The van der Waals surface area contributed by atoms with E-state index in [1.165, 1.54) is 5.57 Å². The van der Waals surface area contributed by atoms with E-state index in [0.29, 0.717) is 0 Å². The molecule has 0 radical (unpaired) electrons. The van der Waals surface area contributed by atoms with Gasteiger partial charge in [-0.25, -0.2) is 0 Å². The van der Waals surface area contributed by atoms with Crippen molar-refractivity contribution < 1.29 is 4.74 Å². The summed E-state index contributed by atoms with van der Waals surface area (Å²) >= 11 is 0. The van der Waals surface area contributed by atoms with Crippen molar-refractivity contribution in [1.82, 2.24) is 0 Å². The van der Waals surface area contributed by atoms with Crippen molar-refractivity contribution in [3.63, 3.8) is 0 Å². The lowest BCUT2D eigenvalue weighted by Gasteiger charge is -2.08. The minimum Gasteiger partial charge on any atom is -0.501 e. The smallest absolute Gasteiger partial charge is 0.0961 e. The molecule has 1 aliphatic carbocycles. The fourth-order valence-electron chi connectivity index (χ4n) is 0.988. The molecule has 0 amide bonds. The number of hydrogen-bond donors (Lipinski definition) is 0. The van der Waals surface area contributed by atoms with Gasteiger partial charge in [-0.15, -0.1) is 0 Å². The summed E-state index contributed by atoms with van der Waals surface area (Å²) in [4.78, 5) is 0. The van der Waals surface area contributed by atoms with Gasteiger partial charge in [0.05, 0.1) is 12.9 Å². The fraction of sp³-hybridized carbons (Fsp3) is 0.500. The Kier molecular flexibility index (Phi) is 1.93. The standard InChI is InChI=1S/C8H12O/c1-7-4-3-5-8(6-7)9-2/h4,6H,3,5H2,1-2H3. The summed E-state index contributed by atoms with van der Waals surface area (Å²) in [5.41, 5.74) is 1.32. The van der Waals surface area contributed by atoms with Crippen molar-refractivity contribution in [3.05, 3.63) is 23.5 Å². The van der Waals surface area contributed by atoms with Gasteiger partial charge in [0, 0.05) is 6.42 Å². The molecule has 0 aromatic heterocycles. The third-order valence-electron chi connectivity index (χ3n) is 1.51. The third-order valence-corrected chi connectivity index (χ3v) is 1.51. The van der Waals surface area contributed by atoms with E-state index >= 15 is 0 Å². The van der Waals surface area contributed by atoms with Crippen molar-refractivity contribution >= 4 is 0 Å². The van der Waals surface area contributed by atoms with Crippen molar-refractivity contribution in [3.8, 4) is 0 Å². The van der Waals surface area contributed by atoms with Crippen LogP contribution in [0.15, 0.2) is 23.5 Å². The van der Waals surface area contributed by atoms with Crippen LogP contribution in [-0.2, 0) is 4.74 Å². The lowest BCUT2D eigenvalue weighted by atomic mass is 10.1. The van der Waals surface area contributed by atoms with Crippen LogP contribution in [0.3, 0.4) is 0 Å². The predicted octanol–water partition coefficient (Wildman–Crippen LogP) is 2.26. The SMILES string of the molecule is COC1=CC(C)=CCC1. The quantitative estimate of drug-likeness (QED) is 0.521. The predicted molar refractivity (Wildman–Crippen MR) is 38.1 cm³/mol. The summed E-state index contributed by atoms with van der Waals surface area (Å²) in [6, 6.07) is 0. The largest absolute Gasteiger partial charge is 0.501 e. The van der Waals surface area contributed by atoms with E-state index in [1.54, 1.807) is 7.11 Å². The van der Waals surface area contributed by atoms with Gasteiger partial charge in [0.25, 0.3) is 0 Å². The average molecular weight is 124 g/mol. The Bertz CT molecular complexity index is 154. The first-order valence-electron chi connectivity index (χ1n) is 3.24. The van der Waals surface area contributed by atoms with E-state index in [-0.39, 0.29) is 0 Å². The van der Waals surface area contributed by atoms with E-state index in [0.717, 1.165) is 18.6 Å². The molecule has 1 nitrogen and oxygen atoms in total. The van der Waals surface area contributed by atoms with Crippen LogP contribution >= 0.6 is 0 Å². The highest BCUT2D eigenvalue weighted by Crippen LogP contribution is 2.16. The summed E-state index contributed by atoms with van der Waals surface area (Å²) in [7, 11) is 1.73. The highest BCUT2D eigenvalue weighted by atomic mass is 16.5. The van der Waals surface area contributed by atoms with Crippen molar-refractivity contribution in [2.24, 2.45) is 0 Å². The van der Waals surface area contributed by atoms with E-state index in [4.69, 9.17) is 4.74 Å². The maximum atomic E-state index is 5.08. The van der Waals surface area contributed by atoms with Crippen LogP contribution in [-0.4, -0.2) is 7.11 Å². The Balaban J connectivity index is 2.63. The van der Waals surface area contributed by atoms with Crippen LogP contribution in [0.2, 0.25) is 0 Å². The Labute approximate surface area is 56.0 Å². The molecule has 1 heteroatoms. The van der Waals surface area contributed by atoms with Crippen molar-refractivity contribution in [2.45, 2.75) is 19.8 Å². The zero-order valence-electron chi connectivity index (χ0n) is 5.98. The van der Waals surface area contributed by atoms with Gasteiger partial charge in [-0.1, -0.05) is 11.6 Å². The van der Waals surface area contributed by atoms with Gasteiger partial charge in [0.15, 0.2) is 0 Å². The Morgan fingerprint density at radius 1 is 1.56 bits per heavy atom. The van der Waals surface area contributed by atoms with Crippen molar-refractivity contribution in [1.29, 1.82) is 0 Å². The molecule has 0 spiro atoms. The van der Waals surface area contributed by atoms with Gasteiger partial charge in [-0.05, 0) is 19.4 Å². The lowest BCUT2D eigenvalue weighted by molar-refractivity contribution is 0.276. The number of methoxy groups -OCH3 is 1. The molecule has 1 aliphatic rings. The van der Waals surface area contributed by atoms with Crippen LogP contribution in [0.4, 0.5) is 0 Å². The molecule has 0 saturated heterocycles. The second kappa shape index (κ2) is 2.72. The molecule has 0 N–H and O–H groups in total. The molecular formula is C8H12O. The molecule has 0 bridgehead atoms. The molecule has 0 heterocycles. The number of allylic oxidation sites excluding steroid dienone is 4. The van der Waals surface area contributed by atoms with E-state index in [2.05, 4.69) is 19.1 Å². The molecule has 0 fully saturated rings.